The van der Waals surface area contributed by atoms with Crippen molar-refractivity contribution in [3.63, 3.8) is 0 Å². The number of rotatable bonds is 0. The number of halogens is 1. The summed E-state index contributed by atoms with van der Waals surface area (Å²) in [6.07, 6.45) is 2.00. The number of benzene rings is 1. The molecule has 0 radical (unpaired) electrons. The zero-order valence-electron chi connectivity index (χ0n) is 7.68. The molecule has 1 aliphatic rings. The monoisotopic (exact) mass is 250 g/mol. The second-order valence-corrected chi connectivity index (χ2v) is 4.86. The van der Waals surface area contributed by atoms with Crippen molar-refractivity contribution in [1.29, 1.82) is 0 Å². The van der Waals surface area contributed by atoms with Crippen LogP contribution in [0.1, 0.15) is 11.3 Å². The Morgan fingerprint density at radius 1 is 1.36 bits per heavy atom. The summed E-state index contributed by atoms with van der Waals surface area (Å²) in [4.78, 5) is 3.44. The number of hydrogen-bond acceptors (Lipinski definition) is 1. The number of nitrogens with one attached hydrogen (secondary N) is 1. The minimum Gasteiger partial charge on any atom is -0.358 e. The van der Waals surface area contributed by atoms with Gasteiger partial charge in [-0.15, -0.1) is 0 Å². The van der Waals surface area contributed by atoms with Gasteiger partial charge in [0.1, 0.15) is 0 Å². The largest absolute Gasteiger partial charge is 0.358 e. The molecular formula is C11H11BrN2. The summed E-state index contributed by atoms with van der Waals surface area (Å²) < 4.78 is 1.12. The van der Waals surface area contributed by atoms with Gasteiger partial charge in [-0.05, 0) is 24.1 Å². The van der Waals surface area contributed by atoms with Crippen molar-refractivity contribution in [3.8, 4) is 0 Å². The Morgan fingerprint density at radius 2 is 2.21 bits per heavy atom. The van der Waals surface area contributed by atoms with Crippen LogP contribution in [-0.2, 0) is 12.8 Å². The maximum Gasteiger partial charge on any atom is 0.0470 e. The van der Waals surface area contributed by atoms with E-state index in [2.05, 4.69) is 39.1 Å². The summed E-state index contributed by atoms with van der Waals surface area (Å²) in [6, 6.07) is 6.68. The predicted octanol–water partition coefficient (Wildman–Crippen LogP) is 2.36. The van der Waals surface area contributed by atoms with E-state index in [-0.39, 0.29) is 0 Å². The SMILES string of the molecule is NC1Cc2[nH]c3cc(Br)ccc3c2C1. The molecule has 0 saturated carbocycles. The first kappa shape index (κ1) is 8.50. The molecule has 3 heteroatoms. The Hall–Kier alpha value is -0.800. The van der Waals surface area contributed by atoms with Crippen molar-refractivity contribution in [2.24, 2.45) is 5.73 Å². The third kappa shape index (κ3) is 1.12. The van der Waals surface area contributed by atoms with E-state index >= 15 is 0 Å². The molecule has 0 saturated heterocycles. The molecule has 0 amide bonds. The predicted molar refractivity (Wildman–Crippen MR) is 61.4 cm³/mol. The van der Waals surface area contributed by atoms with Crippen LogP contribution in [0.25, 0.3) is 10.9 Å². The summed E-state index contributed by atoms with van der Waals surface area (Å²) in [7, 11) is 0. The van der Waals surface area contributed by atoms with Gasteiger partial charge in [0, 0.05) is 33.5 Å². The van der Waals surface area contributed by atoms with E-state index in [4.69, 9.17) is 5.73 Å². The number of nitrogens with two attached hydrogens (primary N) is 1. The quantitative estimate of drug-likeness (QED) is 0.741. The molecule has 2 nitrogen and oxygen atoms in total. The number of aromatic amines is 1. The van der Waals surface area contributed by atoms with Gasteiger partial charge in [-0.3, -0.25) is 0 Å². The zero-order chi connectivity index (χ0) is 9.71. The average molecular weight is 251 g/mol. The first-order valence-corrected chi connectivity index (χ1v) is 5.58. The van der Waals surface area contributed by atoms with E-state index in [9.17, 15) is 0 Å². The molecule has 3 N–H and O–H groups in total. The summed E-state index contributed by atoms with van der Waals surface area (Å²) in [5.74, 6) is 0. The minimum absolute atomic E-state index is 0.310. The third-order valence-corrected chi connectivity index (χ3v) is 3.38. The van der Waals surface area contributed by atoms with Crippen LogP contribution in [0.4, 0.5) is 0 Å². The minimum atomic E-state index is 0.310. The topological polar surface area (TPSA) is 41.8 Å². The Labute approximate surface area is 90.6 Å². The number of fused-ring (bicyclic) bond motifs is 3. The summed E-state index contributed by atoms with van der Waals surface area (Å²) in [5, 5.41) is 1.33. The van der Waals surface area contributed by atoms with E-state index in [1.165, 1.54) is 22.2 Å². The molecule has 1 heterocycles. The molecule has 1 aromatic carbocycles. The van der Waals surface area contributed by atoms with Crippen LogP contribution in [0.5, 0.6) is 0 Å². The van der Waals surface area contributed by atoms with Crippen LogP contribution in [0.3, 0.4) is 0 Å². The Kier molecular flexibility index (Phi) is 1.73. The lowest BCUT2D eigenvalue weighted by atomic mass is 10.1. The Morgan fingerprint density at radius 3 is 3.07 bits per heavy atom. The molecule has 1 aliphatic carbocycles. The van der Waals surface area contributed by atoms with Crippen molar-refractivity contribution in [1.82, 2.24) is 4.98 Å². The highest BCUT2D eigenvalue weighted by Crippen LogP contribution is 2.30. The van der Waals surface area contributed by atoms with Gasteiger partial charge in [-0.1, -0.05) is 22.0 Å². The first-order valence-electron chi connectivity index (χ1n) is 4.78. The van der Waals surface area contributed by atoms with E-state index in [1.807, 2.05) is 0 Å². The molecule has 1 unspecified atom stereocenters. The third-order valence-electron chi connectivity index (χ3n) is 2.89. The molecule has 0 fully saturated rings. The molecule has 14 heavy (non-hydrogen) atoms. The van der Waals surface area contributed by atoms with Crippen LogP contribution in [0, 0.1) is 0 Å². The smallest absolute Gasteiger partial charge is 0.0470 e. The van der Waals surface area contributed by atoms with Crippen LogP contribution in [-0.4, -0.2) is 11.0 Å². The fourth-order valence-corrected chi connectivity index (χ4v) is 2.65. The van der Waals surface area contributed by atoms with Gasteiger partial charge < -0.3 is 10.7 Å². The summed E-state index contributed by atoms with van der Waals surface area (Å²) in [5.41, 5.74) is 9.88. The van der Waals surface area contributed by atoms with E-state index in [0.717, 1.165) is 17.3 Å². The van der Waals surface area contributed by atoms with Gasteiger partial charge in [-0.25, -0.2) is 0 Å². The molecule has 72 valence electrons. The Balaban J connectivity index is 2.28. The van der Waals surface area contributed by atoms with Gasteiger partial charge >= 0.3 is 0 Å². The molecule has 0 aliphatic heterocycles. The van der Waals surface area contributed by atoms with Gasteiger partial charge in [0.15, 0.2) is 0 Å². The fourth-order valence-electron chi connectivity index (χ4n) is 2.29. The lowest BCUT2D eigenvalue weighted by Gasteiger charge is -1.99. The number of aromatic nitrogens is 1. The van der Waals surface area contributed by atoms with Gasteiger partial charge in [0.2, 0.25) is 0 Å². The van der Waals surface area contributed by atoms with Crippen molar-refractivity contribution in [3.05, 3.63) is 33.9 Å². The maximum atomic E-state index is 5.92. The molecule has 1 aromatic heterocycles. The van der Waals surface area contributed by atoms with Gasteiger partial charge in [-0.2, -0.15) is 0 Å². The first-order chi connectivity index (χ1) is 6.74. The summed E-state index contributed by atoms with van der Waals surface area (Å²) >= 11 is 3.47. The van der Waals surface area contributed by atoms with Gasteiger partial charge in [0.05, 0.1) is 0 Å². The average Bonchev–Trinajstić information content (AvgIpc) is 2.59. The molecule has 0 bridgehead atoms. The maximum absolute atomic E-state index is 5.92. The van der Waals surface area contributed by atoms with Crippen LogP contribution in [0.2, 0.25) is 0 Å². The van der Waals surface area contributed by atoms with Crippen LogP contribution >= 0.6 is 15.9 Å². The van der Waals surface area contributed by atoms with Gasteiger partial charge in [0.25, 0.3) is 0 Å². The molecule has 0 spiro atoms. The lowest BCUT2D eigenvalue weighted by molar-refractivity contribution is 0.716. The standard InChI is InChI=1S/C11H11BrN2/c12-6-1-2-8-9-4-7(13)5-11(9)14-10(8)3-6/h1-3,7,14H,4-5,13H2. The normalized spacial score (nSPS) is 20.3. The highest BCUT2D eigenvalue weighted by molar-refractivity contribution is 9.10. The van der Waals surface area contributed by atoms with E-state index < -0.39 is 0 Å². The number of H-pyrrole nitrogens is 1. The lowest BCUT2D eigenvalue weighted by Crippen LogP contribution is -2.19. The van der Waals surface area contributed by atoms with Crippen molar-refractivity contribution in [2.75, 3.05) is 0 Å². The molecule has 1 atom stereocenters. The Bertz CT molecular complexity index is 501. The zero-order valence-corrected chi connectivity index (χ0v) is 9.26. The van der Waals surface area contributed by atoms with E-state index in [1.54, 1.807) is 0 Å². The van der Waals surface area contributed by atoms with Crippen LogP contribution < -0.4 is 5.73 Å². The second-order valence-electron chi connectivity index (χ2n) is 3.94. The second kappa shape index (κ2) is 2.84. The molecular weight excluding hydrogens is 240 g/mol. The van der Waals surface area contributed by atoms with Crippen molar-refractivity contribution < 1.29 is 0 Å². The molecule has 3 rings (SSSR count). The number of hydrogen-bond donors (Lipinski definition) is 2. The highest BCUT2D eigenvalue weighted by atomic mass is 79.9. The van der Waals surface area contributed by atoms with E-state index in [0.29, 0.717) is 6.04 Å². The van der Waals surface area contributed by atoms with Crippen molar-refractivity contribution >= 4 is 26.8 Å². The molecule has 2 aromatic rings. The fraction of sp³-hybridized carbons (Fsp3) is 0.273. The summed E-state index contributed by atoms with van der Waals surface area (Å²) in [6.45, 7) is 0. The van der Waals surface area contributed by atoms with Crippen LogP contribution in [0.15, 0.2) is 22.7 Å². The highest BCUT2D eigenvalue weighted by Gasteiger charge is 2.22. The van der Waals surface area contributed by atoms with Crippen molar-refractivity contribution in [2.45, 2.75) is 18.9 Å².